The number of piperazine rings is 1. The topological polar surface area (TPSA) is 70.7 Å². The van der Waals surface area contributed by atoms with Crippen molar-refractivity contribution in [3.63, 3.8) is 0 Å². The fraction of sp³-hybridized carbons (Fsp3) is 0.579. The zero-order valence-corrected chi connectivity index (χ0v) is 16.9. The summed E-state index contributed by atoms with van der Waals surface area (Å²) in [7, 11) is 0. The number of hydrogen-bond donors (Lipinski definition) is 2. The molecule has 2 N–H and O–H groups in total. The molecule has 1 heterocycles. The molecule has 30 heavy (non-hydrogen) atoms. The number of ether oxygens (including phenoxy) is 1. The molecule has 2 aliphatic rings. The number of amides is 3. The van der Waals surface area contributed by atoms with E-state index in [0.29, 0.717) is 31.5 Å². The summed E-state index contributed by atoms with van der Waals surface area (Å²) in [4.78, 5) is 26.0. The molecule has 0 spiro atoms. The van der Waals surface area contributed by atoms with Crippen LogP contribution in [0.15, 0.2) is 18.2 Å². The normalized spacial score (nSPS) is 25.3. The molecule has 2 fully saturated rings. The average molecular weight is 452 g/mol. The second-order valence-electron chi connectivity index (χ2n) is 7.54. The molecule has 0 aromatic heterocycles. The van der Waals surface area contributed by atoms with Crippen molar-refractivity contribution in [3.05, 3.63) is 34.6 Å². The van der Waals surface area contributed by atoms with Crippen molar-refractivity contribution < 1.29 is 31.9 Å². The lowest BCUT2D eigenvalue weighted by Gasteiger charge is -2.42. The minimum atomic E-state index is -4.41. The number of benzene rings is 1. The first-order chi connectivity index (χ1) is 14.0. The molecule has 3 rings (SSSR count). The first kappa shape index (κ1) is 22.6. The van der Waals surface area contributed by atoms with Crippen LogP contribution < -0.4 is 10.6 Å². The van der Waals surface area contributed by atoms with E-state index in [1.54, 1.807) is 6.92 Å². The summed E-state index contributed by atoms with van der Waals surface area (Å²) >= 11 is 5.88. The molecular formula is C19H22ClF4N3O3. The van der Waals surface area contributed by atoms with Gasteiger partial charge in [-0.25, -0.2) is 9.18 Å². The Balaban J connectivity index is 1.71. The minimum Gasteiger partial charge on any atom is -0.369 e. The second-order valence-corrected chi connectivity index (χ2v) is 7.95. The van der Waals surface area contributed by atoms with Gasteiger partial charge in [0.15, 0.2) is 0 Å². The second kappa shape index (κ2) is 8.97. The number of nitrogens with zero attached hydrogens (tertiary/aromatic N) is 1. The molecule has 1 aromatic carbocycles. The molecule has 2 atom stereocenters. The van der Waals surface area contributed by atoms with Crippen LogP contribution in [0.25, 0.3) is 0 Å². The number of urea groups is 1. The highest BCUT2D eigenvalue weighted by molar-refractivity contribution is 6.30. The molecule has 1 saturated carbocycles. The van der Waals surface area contributed by atoms with Crippen molar-refractivity contribution in [2.45, 2.75) is 44.1 Å². The molecule has 0 radical (unpaired) electrons. The number of rotatable bonds is 5. The number of carbonyl (C=O) groups excluding carboxylic acids is 2. The van der Waals surface area contributed by atoms with Gasteiger partial charge in [0.1, 0.15) is 18.5 Å². The summed E-state index contributed by atoms with van der Waals surface area (Å²) in [5, 5.41) is 5.38. The Hall–Kier alpha value is -2.07. The Bertz CT molecular complexity index is 802. The quantitative estimate of drug-likeness (QED) is 0.674. The molecule has 3 amide bonds. The average Bonchev–Trinajstić information content (AvgIpc) is 2.63. The van der Waals surface area contributed by atoms with Crippen LogP contribution in [0.2, 0.25) is 5.02 Å². The van der Waals surface area contributed by atoms with E-state index < -0.39 is 42.8 Å². The van der Waals surface area contributed by atoms with Crippen LogP contribution >= 0.6 is 11.6 Å². The lowest BCUT2D eigenvalue weighted by Crippen LogP contribution is -2.59. The van der Waals surface area contributed by atoms with Gasteiger partial charge in [-0.1, -0.05) is 17.7 Å². The lowest BCUT2D eigenvalue weighted by atomic mass is 9.75. The van der Waals surface area contributed by atoms with E-state index in [9.17, 15) is 27.2 Å². The highest BCUT2D eigenvalue weighted by atomic mass is 35.5. The fourth-order valence-electron chi connectivity index (χ4n) is 3.68. The molecule has 6 nitrogen and oxygen atoms in total. The van der Waals surface area contributed by atoms with Gasteiger partial charge in [0.05, 0.1) is 17.2 Å². The Labute approximate surface area is 175 Å². The predicted octanol–water partition coefficient (Wildman–Crippen LogP) is 3.41. The van der Waals surface area contributed by atoms with Gasteiger partial charge in [-0.2, -0.15) is 13.2 Å². The van der Waals surface area contributed by atoms with Crippen LogP contribution in [-0.2, 0) is 9.53 Å². The Morgan fingerprint density at radius 3 is 2.73 bits per heavy atom. The highest BCUT2D eigenvalue weighted by Gasteiger charge is 2.41. The lowest BCUT2D eigenvalue weighted by molar-refractivity contribution is -0.198. The monoisotopic (exact) mass is 451 g/mol. The summed E-state index contributed by atoms with van der Waals surface area (Å²) in [6, 6.07) is 2.27. The van der Waals surface area contributed by atoms with E-state index in [1.807, 2.05) is 0 Å². The van der Waals surface area contributed by atoms with Crippen molar-refractivity contribution in [2.24, 2.45) is 5.92 Å². The Kier molecular flexibility index (Phi) is 6.76. The van der Waals surface area contributed by atoms with Gasteiger partial charge in [0.2, 0.25) is 5.91 Å². The molecule has 1 saturated heterocycles. The first-order valence-electron chi connectivity index (χ1n) is 9.53. The van der Waals surface area contributed by atoms with E-state index >= 15 is 0 Å². The van der Waals surface area contributed by atoms with Gasteiger partial charge in [-0.15, -0.1) is 0 Å². The maximum absolute atomic E-state index is 13.6. The standard InChI is InChI=1S/C19H22ClF4N3O3/c1-10-17(28)25-4-5-27(10)18(29)26-16(11-2-3-15(21)14(20)8-11)12-6-13(7-12)30-9-19(22,23)24/h2-3,8,10,12-13,16H,4-7,9H2,1H3,(H,25,28)(H,26,29)/t10-,12-,13-,16?/m1/s1. The molecule has 1 aromatic rings. The number of alkyl halides is 3. The molecule has 11 heteroatoms. The number of carbonyl (C=O) groups is 2. The zero-order valence-electron chi connectivity index (χ0n) is 16.1. The van der Waals surface area contributed by atoms with Crippen LogP contribution in [0.5, 0.6) is 0 Å². The summed E-state index contributed by atoms with van der Waals surface area (Å²) < 4.78 is 55.5. The van der Waals surface area contributed by atoms with Crippen LogP contribution in [0.4, 0.5) is 22.4 Å². The van der Waals surface area contributed by atoms with Crippen molar-refractivity contribution in [3.8, 4) is 0 Å². The number of hydrogen-bond acceptors (Lipinski definition) is 3. The predicted molar refractivity (Wildman–Crippen MR) is 100 cm³/mol. The maximum Gasteiger partial charge on any atom is 0.411 e. The fourth-order valence-corrected chi connectivity index (χ4v) is 3.87. The Morgan fingerprint density at radius 1 is 1.40 bits per heavy atom. The first-order valence-corrected chi connectivity index (χ1v) is 9.91. The van der Waals surface area contributed by atoms with E-state index in [4.69, 9.17) is 16.3 Å². The molecule has 1 unspecified atom stereocenters. The van der Waals surface area contributed by atoms with E-state index in [2.05, 4.69) is 10.6 Å². The van der Waals surface area contributed by atoms with Crippen molar-refractivity contribution >= 4 is 23.5 Å². The molecule has 166 valence electrons. The molecule has 1 aliphatic carbocycles. The van der Waals surface area contributed by atoms with Crippen LogP contribution in [0, 0.1) is 11.7 Å². The van der Waals surface area contributed by atoms with E-state index in [1.165, 1.54) is 23.1 Å². The van der Waals surface area contributed by atoms with Gasteiger partial charge < -0.3 is 20.3 Å². The third-order valence-corrected chi connectivity index (χ3v) is 5.72. The van der Waals surface area contributed by atoms with Crippen molar-refractivity contribution in [2.75, 3.05) is 19.7 Å². The SMILES string of the molecule is C[C@@H]1C(=O)NCCN1C(=O)NC(c1ccc(F)c(Cl)c1)[C@H]1C[C@H](OCC(F)(F)F)C1. The van der Waals surface area contributed by atoms with Crippen molar-refractivity contribution in [1.29, 1.82) is 0 Å². The summed E-state index contributed by atoms with van der Waals surface area (Å²) in [5.41, 5.74) is 0.531. The summed E-state index contributed by atoms with van der Waals surface area (Å²) in [6.45, 7) is 0.907. The summed E-state index contributed by atoms with van der Waals surface area (Å²) in [5.74, 6) is -1.11. The zero-order chi connectivity index (χ0) is 22.1. The van der Waals surface area contributed by atoms with Gasteiger partial charge in [-0.05, 0) is 43.4 Å². The molecule has 0 bridgehead atoms. The third kappa shape index (κ3) is 5.34. The minimum absolute atomic E-state index is 0.123. The third-order valence-electron chi connectivity index (χ3n) is 5.43. The molecular weight excluding hydrogens is 430 g/mol. The van der Waals surface area contributed by atoms with E-state index in [-0.39, 0.29) is 16.8 Å². The number of nitrogens with one attached hydrogen (secondary N) is 2. The number of halogens is 5. The largest absolute Gasteiger partial charge is 0.411 e. The highest BCUT2D eigenvalue weighted by Crippen LogP contribution is 2.41. The van der Waals surface area contributed by atoms with Crippen LogP contribution in [-0.4, -0.2) is 54.9 Å². The summed E-state index contributed by atoms with van der Waals surface area (Å²) in [6.07, 6.45) is -4.39. The van der Waals surface area contributed by atoms with Crippen LogP contribution in [0.1, 0.15) is 31.4 Å². The van der Waals surface area contributed by atoms with Gasteiger partial charge in [-0.3, -0.25) is 4.79 Å². The molecule has 1 aliphatic heterocycles. The van der Waals surface area contributed by atoms with Crippen LogP contribution in [0.3, 0.4) is 0 Å². The Morgan fingerprint density at radius 2 is 2.10 bits per heavy atom. The van der Waals surface area contributed by atoms with Crippen molar-refractivity contribution in [1.82, 2.24) is 15.5 Å². The van der Waals surface area contributed by atoms with Gasteiger partial charge in [0, 0.05) is 13.1 Å². The van der Waals surface area contributed by atoms with Gasteiger partial charge in [0.25, 0.3) is 0 Å². The maximum atomic E-state index is 13.6. The van der Waals surface area contributed by atoms with E-state index in [0.717, 1.165) is 0 Å². The smallest absolute Gasteiger partial charge is 0.369 e. The van der Waals surface area contributed by atoms with Gasteiger partial charge >= 0.3 is 12.2 Å².